The number of rotatable bonds is 3. The van der Waals surface area contributed by atoms with E-state index in [2.05, 4.69) is 33.2 Å². The zero-order chi connectivity index (χ0) is 17.0. The Morgan fingerprint density at radius 1 is 1.17 bits per heavy atom. The summed E-state index contributed by atoms with van der Waals surface area (Å²) in [6.07, 6.45) is 6.68. The van der Waals surface area contributed by atoms with Crippen molar-refractivity contribution in [3.63, 3.8) is 0 Å². The maximum absolute atomic E-state index is 12.6. The van der Waals surface area contributed by atoms with Gasteiger partial charge < -0.3 is 4.90 Å². The second-order valence-corrected chi connectivity index (χ2v) is 7.69. The molecule has 1 aromatic rings. The molecule has 0 aromatic heterocycles. The molecule has 1 aliphatic heterocycles. The fraction of sp³-hybridized carbons (Fsp3) is 0.389. The smallest absolute Gasteiger partial charge is 0.254 e. The van der Waals surface area contributed by atoms with Gasteiger partial charge in [0.1, 0.15) is 0 Å². The number of halogens is 1. The molecule has 4 unspecified atom stereocenters. The van der Waals surface area contributed by atoms with Crippen LogP contribution in [0.4, 0.5) is 5.69 Å². The van der Waals surface area contributed by atoms with Crippen LogP contribution in [-0.4, -0.2) is 37.1 Å². The van der Waals surface area contributed by atoms with E-state index in [9.17, 15) is 9.59 Å². The Balaban J connectivity index is 1.56. The van der Waals surface area contributed by atoms with E-state index in [1.807, 2.05) is 37.2 Å². The number of imide groups is 1. The Kier molecular flexibility index (Phi) is 3.60. The molecule has 2 amide bonds. The highest BCUT2D eigenvalue weighted by Gasteiger charge is 2.59. The average Bonchev–Trinajstić information content (AvgIpc) is 3.20. The number of hydrogen-bond donors (Lipinski definition) is 0. The summed E-state index contributed by atoms with van der Waals surface area (Å²) in [6.45, 7) is 0. The van der Waals surface area contributed by atoms with Crippen LogP contribution >= 0.6 is 15.9 Å². The predicted octanol–water partition coefficient (Wildman–Crippen LogP) is 2.66. The van der Waals surface area contributed by atoms with Gasteiger partial charge in [0.05, 0.1) is 23.7 Å². The number of carbonyl (C=O) groups excluding carboxylic acids is 2. The van der Waals surface area contributed by atoms with E-state index >= 15 is 0 Å². The lowest BCUT2D eigenvalue weighted by Gasteiger charge is -2.15. The lowest BCUT2D eigenvalue weighted by Crippen LogP contribution is -2.28. The molecule has 3 aliphatic rings. The van der Waals surface area contributed by atoms with E-state index in [1.54, 1.807) is 6.21 Å². The van der Waals surface area contributed by atoms with Crippen LogP contribution in [0.15, 0.2) is 39.9 Å². The second-order valence-electron chi connectivity index (χ2n) is 6.84. The van der Waals surface area contributed by atoms with Crippen molar-refractivity contribution >= 4 is 39.6 Å². The maximum Gasteiger partial charge on any atom is 0.254 e. The monoisotopic (exact) mass is 387 g/mol. The van der Waals surface area contributed by atoms with Gasteiger partial charge in [-0.05, 0) is 51.9 Å². The highest BCUT2D eigenvalue weighted by molar-refractivity contribution is 9.10. The standard InChI is InChI=1S/C18H18BrN3O2/c1-21(2)14-6-3-10(7-13(14)19)9-20-22-17(23)15-11-4-5-12(8-11)16(15)18(22)24/h3-7,9,11-12,15-16H,8H2,1-2H3/b20-9+. The van der Waals surface area contributed by atoms with E-state index < -0.39 is 0 Å². The Hall–Kier alpha value is -1.95. The van der Waals surface area contributed by atoms with Crippen molar-refractivity contribution in [3.8, 4) is 0 Å². The average molecular weight is 388 g/mol. The number of carbonyl (C=O) groups is 2. The number of allylic oxidation sites excluding steroid dienone is 2. The number of nitrogens with zero attached hydrogens (tertiary/aromatic N) is 3. The van der Waals surface area contributed by atoms with Crippen molar-refractivity contribution in [2.45, 2.75) is 6.42 Å². The molecule has 1 heterocycles. The molecule has 2 bridgehead atoms. The maximum atomic E-state index is 12.6. The van der Waals surface area contributed by atoms with E-state index in [0.29, 0.717) is 0 Å². The van der Waals surface area contributed by atoms with Gasteiger partial charge in [0.2, 0.25) is 0 Å². The topological polar surface area (TPSA) is 53.0 Å². The number of anilines is 1. The third-order valence-corrected chi connectivity index (χ3v) is 5.86. The van der Waals surface area contributed by atoms with Gasteiger partial charge in [-0.25, -0.2) is 0 Å². The van der Waals surface area contributed by atoms with Gasteiger partial charge in [-0.1, -0.05) is 18.2 Å². The Labute approximate surface area is 149 Å². The fourth-order valence-corrected chi connectivity index (χ4v) is 4.84. The first kappa shape index (κ1) is 15.6. The first-order chi connectivity index (χ1) is 11.5. The largest absolute Gasteiger partial charge is 0.377 e. The van der Waals surface area contributed by atoms with Crippen LogP contribution in [0, 0.1) is 23.7 Å². The predicted molar refractivity (Wildman–Crippen MR) is 95.6 cm³/mol. The third-order valence-electron chi connectivity index (χ3n) is 5.22. The first-order valence-corrected chi connectivity index (χ1v) is 8.83. The lowest BCUT2D eigenvalue weighted by atomic mass is 9.85. The molecule has 24 heavy (non-hydrogen) atoms. The molecule has 1 aromatic carbocycles. The molecule has 2 aliphatic carbocycles. The number of fused-ring (bicyclic) bond motifs is 5. The SMILES string of the molecule is CN(C)c1ccc(/C=N/N2C(=O)C3C4C=CC(C4)C3C2=O)cc1Br. The van der Waals surface area contributed by atoms with Crippen LogP contribution in [0.1, 0.15) is 12.0 Å². The molecular formula is C18H18BrN3O2. The Morgan fingerprint density at radius 2 is 1.79 bits per heavy atom. The molecule has 1 saturated carbocycles. The van der Waals surface area contributed by atoms with Gasteiger partial charge in [-0.3, -0.25) is 9.59 Å². The van der Waals surface area contributed by atoms with Crippen molar-refractivity contribution < 1.29 is 9.59 Å². The van der Waals surface area contributed by atoms with Crippen LogP contribution in [0.3, 0.4) is 0 Å². The van der Waals surface area contributed by atoms with Gasteiger partial charge in [0.15, 0.2) is 0 Å². The highest BCUT2D eigenvalue weighted by Crippen LogP contribution is 2.52. The van der Waals surface area contributed by atoms with Crippen molar-refractivity contribution in [2.75, 3.05) is 19.0 Å². The molecule has 5 nitrogen and oxygen atoms in total. The van der Waals surface area contributed by atoms with Crippen LogP contribution in [-0.2, 0) is 9.59 Å². The summed E-state index contributed by atoms with van der Waals surface area (Å²) in [5.74, 6) is -0.278. The van der Waals surface area contributed by atoms with Crippen LogP contribution in [0.5, 0.6) is 0 Å². The number of benzene rings is 1. The number of hydrogen-bond acceptors (Lipinski definition) is 4. The molecule has 6 heteroatoms. The molecule has 1 saturated heterocycles. The van der Waals surface area contributed by atoms with Gasteiger partial charge >= 0.3 is 0 Å². The lowest BCUT2D eigenvalue weighted by molar-refractivity contribution is -0.140. The number of hydrazone groups is 1. The zero-order valence-electron chi connectivity index (χ0n) is 13.5. The van der Waals surface area contributed by atoms with E-state index in [1.165, 1.54) is 0 Å². The summed E-state index contributed by atoms with van der Waals surface area (Å²) in [7, 11) is 3.94. The summed E-state index contributed by atoms with van der Waals surface area (Å²) in [5.41, 5.74) is 1.89. The number of amides is 2. The van der Waals surface area contributed by atoms with Gasteiger partial charge in [-0.2, -0.15) is 10.1 Å². The molecule has 0 spiro atoms. The minimum atomic E-state index is -0.201. The molecule has 0 N–H and O–H groups in total. The van der Waals surface area contributed by atoms with E-state index in [4.69, 9.17) is 0 Å². The van der Waals surface area contributed by atoms with Crippen molar-refractivity contribution in [1.82, 2.24) is 5.01 Å². The first-order valence-electron chi connectivity index (χ1n) is 8.04. The summed E-state index contributed by atoms with van der Waals surface area (Å²) in [6, 6.07) is 5.81. The third kappa shape index (κ3) is 2.24. The Morgan fingerprint density at radius 3 is 2.33 bits per heavy atom. The normalized spacial score (nSPS) is 30.7. The van der Waals surface area contributed by atoms with Crippen LogP contribution < -0.4 is 4.90 Å². The summed E-state index contributed by atoms with van der Waals surface area (Å²) in [5, 5.41) is 5.28. The van der Waals surface area contributed by atoms with Crippen LogP contribution in [0.25, 0.3) is 0 Å². The van der Waals surface area contributed by atoms with Crippen LogP contribution in [0.2, 0.25) is 0 Å². The molecule has 4 atom stereocenters. The van der Waals surface area contributed by atoms with Gasteiger partial charge in [0.25, 0.3) is 11.8 Å². The summed E-state index contributed by atoms with van der Waals surface area (Å²) < 4.78 is 0.939. The zero-order valence-corrected chi connectivity index (χ0v) is 15.1. The molecule has 2 fully saturated rings. The minimum Gasteiger partial charge on any atom is -0.377 e. The van der Waals surface area contributed by atoms with Gasteiger partial charge in [0, 0.05) is 18.6 Å². The second kappa shape index (κ2) is 5.55. The summed E-state index contributed by atoms with van der Waals surface area (Å²) in [4.78, 5) is 27.1. The molecule has 124 valence electrons. The van der Waals surface area contributed by atoms with E-state index in [0.717, 1.165) is 27.2 Å². The molecular weight excluding hydrogens is 370 g/mol. The highest BCUT2D eigenvalue weighted by atomic mass is 79.9. The summed E-state index contributed by atoms with van der Waals surface area (Å²) >= 11 is 3.53. The van der Waals surface area contributed by atoms with E-state index in [-0.39, 0.29) is 35.5 Å². The Bertz CT molecular complexity index is 756. The fourth-order valence-electron chi connectivity index (χ4n) is 4.09. The molecule has 4 rings (SSSR count). The molecule has 0 radical (unpaired) electrons. The quantitative estimate of drug-likeness (QED) is 0.455. The van der Waals surface area contributed by atoms with Crippen molar-refractivity contribution in [3.05, 3.63) is 40.4 Å². The minimum absolute atomic E-state index is 0.151. The van der Waals surface area contributed by atoms with Gasteiger partial charge in [-0.15, -0.1) is 0 Å². The van der Waals surface area contributed by atoms with Crippen molar-refractivity contribution in [2.24, 2.45) is 28.8 Å². The van der Waals surface area contributed by atoms with Crippen molar-refractivity contribution in [1.29, 1.82) is 0 Å².